The summed E-state index contributed by atoms with van der Waals surface area (Å²) < 4.78 is 26.8. The van der Waals surface area contributed by atoms with Gasteiger partial charge in [0, 0.05) is 22.7 Å². The van der Waals surface area contributed by atoms with Crippen LogP contribution in [-0.2, 0) is 6.54 Å². The molecule has 0 amide bonds. The molecule has 0 fully saturated rings. The molecule has 0 saturated carbocycles. The molecule has 0 radical (unpaired) electrons. The largest absolute Gasteiger partial charge is 0.379 e. The summed E-state index contributed by atoms with van der Waals surface area (Å²) in [7, 11) is 0. The standard InChI is InChI=1S/C13H8BrCl2F2N/c14-10-4-13(12(18)5-11(10)17)19-6-7-1-8(15)3-9(16)2-7/h1-5,19H,6H2. The number of benzene rings is 2. The third kappa shape index (κ3) is 3.81. The lowest BCUT2D eigenvalue weighted by atomic mass is 10.2. The van der Waals surface area contributed by atoms with E-state index in [9.17, 15) is 8.78 Å². The number of anilines is 1. The maximum Gasteiger partial charge on any atom is 0.149 e. The minimum atomic E-state index is -0.658. The number of nitrogens with one attached hydrogen (secondary N) is 1. The van der Waals surface area contributed by atoms with Gasteiger partial charge in [0.25, 0.3) is 0 Å². The van der Waals surface area contributed by atoms with Crippen molar-refractivity contribution < 1.29 is 8.78 Å². The third-order valence-electron chi connectivity index (χ3n) is 2.42. The van der Waals surface area contributed by atoms with Crippen LogP contribution in [0.25, 0.3) is 0 Å². The van der Waals surface area contributed by atoms with Crippen LogP contribution in [0, 0.1) is 11.6 Å². The average molecular weight is 367 g/mol. The van der Waals surface area contributed by atoms with Gasteiger partial charge in [-0.3, -0.25) is 0 Å². The van der Waals surface area contributed by atoms with Crippen LogP contribution >= 0.6 is 39.1 Å². The van der Waals surface area contributed by atoms with E-state index in [0.717, 1.165) is 11.6 Å². The molecule has 0 heterocycles. The predicted octanol–water partition coefficient (Wildman–Crippen LogP) is 5.65. The average Bonchev–Trinajstić information content (AvgIpc) is 2.31. The quantitative estimate of drug-likeness (QED) is 0.692. The van der Waals surface area contributed by atoms with Gasteiger partial charge in [-0.2, -0.15) is 0 Å². The maximum absolute atomic E-state index is 13.5. The first-order valence-electron chi connectivity index (χ1n) is 5.29. The van der Waals surface area contributed by atoms with Crippen molar-refractivity contribution in [1.29, 1.82) is 0 Å². The smallest absolute Gasteiger partial charge is 0.149 e. The highest BCUT2D eigenvalue weighted by molar-refractivity contribution is 9.10. The third-order valence-corrected chi connectivity index (χ3v) is 3.46. The molecule has 0 aromatic heterocycles. The summed E-state index contributed by atoms with van der Waals surface area (Å²) in [4.78, 5) is 0. The normalized spacial score (nSPS) is 10.6. The Balaban J connectivity index is 2.16. The lowest BCUT2D eigenvalue weighted by Crippen LogP contribution is -2.02. The van der Waals surface area contributed by atoms with Gasteiger partial charge in [0.1, 0.15) is 11.6 Å². The predicted molar refractivity (Wildman–Crippen MR) is 77.8 cm³/mol. The van der Waals surface area contributed by atoms with Crippen molar-refractivity contribution in [2.75, 3.05) is 5.32 Å². The summed E-state index contributed by atoms with van der Waals surface area (Å²) in [5.41, 5.74) is 1.00. The Labute approximate surface area is 127 Å². The molecule has 19 heavy (non-hydrogen) atoms. The van der Waals surface area contributed by atoms with E-state index in [1.807, 2.05) is 0 Å². The molecule has 2 aromatic carbocycles. The van der Waals surface area contributed by atoms with Gasteiger partial charge in [-0.05, 0) is 45.8 Å². The minimum absolute atomic E-state index is 0.195. The molecule has 6 heteroatoms. The monoisotopic (exact) mass is 365 g/mol. The fraction of sp³-hybridized carbons (Fsp3) is 0.0769. The van der Waals surface area contributed by atoms with Crippen molar-refractivity contribution in [1.82, 2.24) is 0 Å². The number of halogens is 5. The van der Waals surface area contributed by atoms with Gasteiger partial charge in [-0.25, -0.2) is 8.78 Å². The van der Waals surface area contributed by atoms with Crippen LogP contribution in [0.2, 0.25) is 10.0 Å². The van der Waals surface area contributed by atoms with Gasteiger partial charge in [-0.15, -0.1) is 0 Å². The molecule has 0 unspecified atom stereocenters. The number of hydrogen-bond acceptors (Lipinski definition) is 1. The topological polar surface area (TPSA) is 12.0 Å². The Bertz CT molecular complexity index is 600. The van der Waals surface area contributed by atoms with Crippen molar-refractivity contribution in [3.05, 3.63) is 62.0 Å². The Hall–Kier alpha value is -0.840. The van der Waals surface area contributed by atoms with Crippen LogP contribution in [-0.4, -0.2) is 0 Å². The van der Waals surface area contributed by atoms with Gasteiger partial charge in [0.2, 0.25) is 0 Å². The van der Waals surface area contributed by atoms with E-state index >= 15 is 0 Å². The minimum Gasteiger partial charge on any atom is -0.379 e. The highest BCUT2D eigenvalue weighted by Crippen LogP contribution is 2.25. The second-order valence-corrected chi connectivity index (χ2v) is 5.60. The first-order chi connectivity index (χ1) is 8.95. The molecule has 2 aromatic rings. The Morgan fingerprint density at radius 2 is 1.58 bits per heavy atom. The molecule has 0 saturated heterocycles. The van der Waals surface area contributed by atoms with Crippen LogP contribution in [0.4, 0.5) is 14.5 Å². The fourth-order valence-electron chi connectivity index (χ4n) is 1.57. The fourth-order valence-corrected chi connectivity index (χ4v) is 2.48. The Kier molecular flexibility index (Phi) is 4.66. The van der Waals surface area contributed by atoms with E-state index in [1.165, 1.54) is 6.07 Å². The molecule has 0 aliphatic carbocycles. The maximum atomic E-state index is 13.5. The Morgan fingerprint density at radius 1 is 0.947 bits per heavy atom. The molecule has 0 aliphatic rings. The van der Waals surface area contributed by atoms with Crippen LogP contribution in [0.15, 0.2) is 34.8 Å². The van der Waals surface area contributed by atoms with Crippen LogP contribution in [0.5, 0.6) is 0 Å². The van der Waals surface area contributed by atoms with Crippen molar-refractivity contribution in [3.63, 3.8) is 0 Å². The zero-order valence-electron chi connectivity index (χ0n) is 9.48. The highest BCUT2D eigenvalue weighted by Gasteiger charge is 2.08. The van der Waals surface area contributed by atoms with E-state index in [2.05, 4.69) is 21.2 Å². The molecule has 100 valence electrons. The van der Waals surface area contributed by atoms with E-state index < -0.39 is 11.6 Å². The molecule has 0 atom stereocenters. The first-order valence-corrected chi connectivity index (χ1v) is 6.84. The lowest BCUT2D eigenvalue weighted by molar-refractivity contribution is 0.580. The molecular formula is C13H8BrCl2F2N. The van der Waals surface area contributed by atoms with Crippen molar-refractivity contribution in [2.24, 2.45) is 0 Å². The summed E-state index contributed by atoms with van der Waals surface area (Å²) in [6.07, 6.45) is 0. The molecule has 0 spiro atoms. The van der Waals surface area contributed by atoms with Gasteiger partial charge in [0.15, 0.2) is 0 Å². The summed E-state index contributed by atoms with van der Waals surface area (Å²) in [6, 6.07) is 7.21. The zero-order valence-corrected chi connectivity index (χ0v) is 12.6. The van der Waals surface area contributed by atoms with E-state index in [0.29, 0.717) is 16.6 Å². The van der Waals surface area contributed by atoms with E-state index in [1.54, 1.807) is 18.2 Å². The first kappa shape index (κ1) is 14.6. The van der Waals surface area contributed by atoms with Gasteiger partial charge < -0.3 is 5.32 Å². The van der Waals surface area contributed by atoms with Crippen LogP contribution < -0.4 is 5.32 Å². The molecule has 1 nitrogen and oxygen atoms in total. The van der Waals surface area contributed by atoms with Crippen molar-refractivity contribution >= 4 is 44.8 Å². The molecule has 0 aliphatic heterocycles. The zero-order chi connectivity index (χ0) is 14.0. The summed E-state index contributed by atoms with van der Waals surface area (Å²) in [6.45, 7) is 0.329. The van der Waals surface area contributed by atoms with E-state index in [-0.39, 0.29) is 10.2 Å². The van der Waals surface area contributed by atoms with Crippen LogP contribution in [0.1, 0.15) is 5.56 Å². The summed E-state index contributed by atoms with van der Waals surface area (Å²) in [5, 5.41) is 3.87. The van der Waals surface area contributed by atoms with Gasteiger partial charge >= 0.3 is 0 Å². The SMILES string of the molecule is Fc1cc(F)c(NCc2cc(Cl)cc(Cl)c2)cc1Br. The summed E-state index contributed by atoms with van der Waals surface area (Å²) >= 11 is 14.7. The molecule has 0 bridgehead atoms. The van der Waals surface area contributed by atoms with Gasteiger partial charge in [0.05, 0.1) is 10.2 Å². The number of rotatable bonds is 3. The second kappa shape index (κ2) is 6.07. The molecule has 1 N–H and O–H groups in total. The number of hydrogen-bond donors (Lipinski definition) is 1. The molecule has 2 rings (SSSR count). The van der Waals surface area contributed by atoms with Gasteiger partial charge in [-0.1, -0.05) is 23.2 Å². The highest BCUT2D eigenvalue weighted by atomic mass is 79.9. The Morgan fingerprint density at radius 3 is 2.21 bits per heavy atom. The van der Waals surface area contributed by atoms with Crippen LogP contribution in [0.3, 0.4) is 0 Å². The second-order valence-electron chi connectivity index (χ2n) is 3.88. The van der Waals surface area contributed by atoms with Crippen molar-refractivity contribution in [3.8, 4) is 0 Å². The van der Waals surface area contributed by atoms with Crippen molar-refractivity contribution in [2.45, 2.75) is 6.54 Å². The van der Waals surface area contributed by atoms with E-state index in [4.69, 9.17) is 23.2 Å². The molecular weight excluding hydrogens is 359 g/mol. The lowest BCUT2D eigenvalue weighted by Gasteiger charge is -2.09. The summed E-state index contributed by atoms with van der Waals surface area (Å²) in [5.74, 6) is -1.30.